The number of aromatic nitrogens is 2. The van der Waals surface area contributed by atoms with Gasteiger partial charge in [-0.1, -0.05) is 18.7 Å². The fraction of sp³-hybridized carbons (Fsp3) is 0.250. The van der Waals surface area contributed by atoms with E-state index < -0.39 is 15.0 Å². The molecule has 0 aliphatic heterocycles. The lowest BCUT2D eigenvalue weighted by Gasteiger charge is -2.10. The van der Waals surface area contributed by atoms with E-state index in [0.717, 1.165) is 29.1 Å². The Morgan fingerprint density at radius 1 is 1.24 bits per heavy atom. The van der Waals surface area contributed by atoms with Crippen molar-refractivity contribution >= 4 is 15.8 Å². The van der Waals surface area contributed by atoms with Gasteiger partial charge in [0.25, 0.3) is 5.69 Å². The van der Waals surface area contributed by atoms with Crippen LogP contribution in [-0.2, 0) is 10.1 Å². The van der Waals surface area contributed by atoms with Gasteiger partial charge in [-0.2, -0.15) is 8.42 Å². The van der Waals surface area contributed by atoms with Gasteiger partial charge in [-0.25, -0.2) is 0 Å². The molecule has 1 aromatic carbocycles. The van der Waals surface area contributed by atoms with E-state index in [4.69, 9.17) is 4.28 Å². The number of nitrogens with zero attached hydrogens (tertiary/aromatic N) is 3. The third kappa shape index (κ3) is 3.19. The average Bonchev–Trinajstić information content (AvgIpc) is 2.86. The van der Waals surface area contributed by atoms with Gasteiger partial charge in [0.15, 0.2) is 0 Å². The van der Waals surface area contributed by atoms with Gasteiger partial charge in [-0.05, 0) is 24.1 Å². The van der Waals surface area contributed by atoms with E-state index in [1.165, 1.54) is 6.20 Å². The van der Waals surface area contributed by atoms with E-state index >= 15 is 0 Å². The predicted molar refractivity (Wildman–Crippen MR) is 73.2 cm³/mol. The molecule has 0 amide bonds. The Kier molecular flexibility index (Phi) is 3.94. The normalized spacial score (nSPS) is 11.6. The third-order valence-corrected chi connectivity index (χ3v) is 3.92. The van der Waals surface area contributed by atoms with Crippen molar-refractivity contribution in [3.63, 3.8) is 0 Å². The quantitative estimate of drug-likeness (QED) is 0.615. The zero-order valence-corrected chi connectivity index (χ0v) is 12.1. The number of benzene rings is 1. The lowest BCUT2D eigenvalue weighted by molar-refractivity contribution is -0.384. The molecule has 1 aromatic heterocycles. The molecule has 8 nitrogen and oxygen atoms in total. The molecular formula is C12H13N3O5S. The Balaban J connectivity index is 2.30. The van der Waals surface area contributed by atoms with Gasteiger partial charge in [0, 0.05) is 12.1 Å². The largest absolute Gasteiger partial charge is 0.358 e. The van der Waals surface area contributed by atoms with E-state index in [9.17, 15) is 18.5 Å². The molecular weight excluding hydrogens is 298 g/mol. The van der Waals surface area contributed by atoms with Gasteiger partial charge in [-0.3, -0.25) is 14.4 Å². The van der Waals surface area contributed by atoms with Gasteiger partial charge in [0.2, 0.25) is 0 Å². The predicted octanol–water partition coefficient (Wildman–Crippen LogP) is 1.73. The van der Waals surface area contributed by atoms with Gasteiger partial charge < -0.3 is 0 Å². The summed E-state index contributed by atoms with van der Waals surface area (Å²) in [4.78, 5) is 10.7. The molecule has 0 spiro atoms. The minimum Gasteiger partial charge on any atom is -0.266 e. The second-order valence-electron chi connectivity index (χ2n) is 4.56. The molecule has 0 aliphatic rings. The van der Waals surface area contributed by atoms with Crippen molar-refractivity contribution in [3.05, 3.63) is 52.3 Å². The van der Waals surface area contributed by atoms with Crippen molar-refractivity contribution in [3.8, 4) is 0 Å². The minimum atomic E-state index is -4.10. The van der Waals surface area contributed by atoms with Crippen LogP contribution in [0, 0.1) is 10.1 Å². The molecule has 2 aromatic rings. The van der Waals surface area contributed by atoms with Crippen molar-refractivity contribution in [1.29, 1.82) is 0 Å². The van der Waals surface area contributed by atoms with E-state index in [1.807, 2.05) is 13.8 Å². The fourth-order valence-corrected chi connectivity index (χ4v) is 2.51. The topological polar surface area (TPSA) is 104 Å². The summed E-state index contributed by atoms with van der Waals surface area (Å²) in [5.41, 5.74) is 0.399. The molecule has 112 valence electrons. The van der Waals surface area contributed by atoms with Crippen molar-refractivity contribution in [2.45, 2.75) is 24.7 Å². The van der Waals surface area contributed by atoms with E-state index in [0.29, 0.717) is 5.69 Å². The molecule has 21 heavy (non-hydrogen) atoms. The van der Waals surface area contributed by atoms with E-state index in [-0.39, 0.29) is 16.5 Å². The second kappa shape index (κ2) is 5.52. The van der Waals surface area contributed by atoms with Crippen molar-refractivity contribution in [1.82, 2.24) is 9.94 Å². The summed E-state index contributed by atoms with van der Waals surface area (Å²) in [6.45, 7) is 3.74. The summed E-state index contributed by atoms with van der Waals surface area (Å²) in [7, 11) is -4.10. The van der Waals surface area contributed by atoms with Crippen LogP contribution in [-0.4, -0.2) is 23.3 Å². The molecule has 0 N–H and O–H groups in total. The highest BCUT2D eigenvalue weighted by molar-refractivity contribution is 7.87. The average molecular weight is 311 g/mol. The van der Waals surface area contributed by atoms with Gasteiger partial charge in [-0.15, -0.1) is 5.10 Å². The molecule has 0 bridgehead atoms. The third-order valence-electron chi connectivity index (χ3n) is 2.73. The second-order valence-corrected chi connectivity index (χ2v) is 6.09. The fourth-order valence-electron chi connectivity index (χ4n) is 1.65. The van der Waals surface area contributed by atoms with E-state index in [1.54, 1.807) is 6.07 Å². The van der Waals surface area contributed by atoms with Crippen LogP contribution in [0.25, 0.3) is 0 Å². The van der Waals surface area contributed by atoms with Crippen LogP contribution in [0.5, 0.6) is 0 Å². The number of hydrogen-bond donors (Lipinski definition) is 0. The van der Waals surface area contributed by atoms with Gasteiger partial charge in [0.1, 0.15) is 4.90 Å². The first-order chi connectivity index (χ1) is 9.81. The SMILES string of the molecule is CC(C)c1ccnn1OS(=O)(=O)c1ccc([N+](=O)[O-])cc1. The maximum atomic E-state index is 12.1. The maximum absolute atomic E-state index is 12.1. The summed E-state index contributed by atoms with van der Waals surface area (Å²) in [5, 5.41) is 14.3. The first-order valence-electron chi connectivity index (χ1n) is 6.04. The molecule has 0 fully saturated rings. The van der Waals surface area contributed by atoms with Crippen LogP contribution < -0.4 is 4.28 Å². The smallest absolute Gasteiger partial charge is 0.266 e. The molecule has 0 radical (unpaired) electrons. The number of non-ortho nitro benzene ring substituents is 1. The summed E-state index contributed by atoms with van der Waals surface area (Å²) >= 11 is 0. The molecule has 0 saturated heterocycles. The Labute approximate surface area is 121 Å². The first-order valence-corrected chi connectivity index (χ1v) is 7.45. The van der Waals surface area contributed by atoms with E-state index in [2.05, 4.69) is 5.10 Å². The maximum Gasteiger partial charge on any atom is 0.358 e. The summed E-state index contributed by atoms with van der Waals surface area (Å²) in [5.74, 6) is 0.0274. The number of nitro groups is 1. The highest BCUT2D eigenvalue weighted by Gasteiger charge is 2.21. The monoisotopic (exact) mass is 311 g/mol. The first kappa shape index (κ1) is 15.0. The minimum absolute atomic E-state index is 0.0274. The summed E-state index contributed by atoms with van der Waals surface area (Å²) < 4.78 is 29.1. The molecule has 0 atom stereocenters. The molecule has 9 heteroatoms. The number of hydrogen-bond acceptors (Lipinski definition) is 6. The zero-order valence-electron chi connectivity index (χ0n) is 11.3. The van der Waals surface area contributed by atoms with Crippen LogP contribution in [0.2, 0.25) is 0 Å². The van der Waals surface area contributed by atoms with Gasteiger partial charge in [0.05, 0.1) is 16.8 Å². The van der Waals surface area contributed by atoms with Crippen LogP contribution in [0.1, 0.15) is 25.5 Å². The molecule has 1 heterocycles. The standard InChI is InChI=1S/C12H13N3O5S/c1-9(2)12-7-8-13-14(12)20-21(18,19)11-5-3-10(4-6-11)15(16)17/h3-9H,1-2H3. The molecule has 0 unspecified atom stereocenters. The highest BCUT2D eigenvalue weighted by atomic mass is 32.2. The highest BCUT2D eigenvalue weighted by Crippen LogP contribution is 2.18. The Morgan fingerprint density at radius 3 is 2.38 bits per heavy atom. The number of rotatable bonds is 5. The van der Waals surface area contributed by atoms with Crippen LogP contribution >= 0.6 is 0 Å². The van der Waals surface area contributed by atoms with Crippen molar-refractivity contribution in [2.24, 2.45) is 0 Å². The molecule has 0 aliphatic carbocycles. The van der Waals surface area contributed by atoms with Gasteiger partial charge >= 0.3 is 10.1 Å². The Hall–Kier alpha value is -2.42. The Morgan fingerprint density at radius 2 is 1.86 bits per heavy atom. The lowest BCUT2D eigenvalue weighted by atomic mass is 10.1. The van der Waals surface area contributed by atoms with Crippen molar-refractivity contribution < 1.29 is 17.6 Å². The zero-order chi connectivity index (χ0) is 15.6. The number of nitro benzene ring substituents is 1. The molecule has 2 rings (SSSR count). The summed E-state index contributed by atoms with van der Waals surface area (Å²) in [6, 6.07) is 6.08. The lowest BCUT2D eigenvalue weighted by Crippen LogP contribution is -2.23. The Bertz CT molecular complexity index is 749. The van der Waals surface area contributed by atoms with Crippen LogP contribution in [0.4, 0.5) is 5.69 Å². The van der Waals surface area contributed by atoms with Crippen LogP contribution in [0.15, 0.2) is 41.4 Å². The van der Waals surface area contributed by atoms with Crippen molar-refractivity contribution in [2.75, 3.05) is 0 Å². The summed E-state index contributed by atoms with van der Waals surface area (Å²) in [6.07, 6.45) is 1.43. The van der Waals surface area contributed by atoms with Crippen LogP contribution in [0.3, 0.4) is 0 Å². The molecule has 0 saturated carbocycles.